The third kappa shape index (κ3) is 0.975. The molecule has 62 valence electrons. The van der Waals surface area contributed by atoms with Crippen molar-refractivity contribution in [1.29, 1.82) is 0 Å². The number of nitrogens with zero attached hydrogens (tertiary/aromatic N) is 3. The van der Waals surface area contributed by atoms with Crippen LogP contribution in [0.1, 0.15) is 11.4 Å². The van der Waals surface area contributed by atoms with Crippen molar-refractivity contribution in [3.05, 3.63) is 28.7 Å². The minimum atomic E-state index is 0.711. The molecule has 0 saturated carbocycles. The maximum Gasteiger partial charge on any atom is 0.163 e. The molecule has 0 radical (unpaired) electrons. The lowest BCUT2D eigenvalue weighted by Gasteiger charge is -1.98. The van der Waals surface area contributed by atoms with Gasteiger partial charge in [-0.2, -0.15) is 0 Å². The summed E-state index contributed by atoms with van der Waals surface area (Å²) in [7, 11) is 0. The molecule has 2 heterocycles. The van der Waals surface area contributed by atoms with Crippen LogP contribution in [0.15, 0.2) is 12.3 Å². The molecule has 2 rings (SSSR count). The molecule has 0 aromatic carbocycles. The molecule has 0 aliphatic carbocycles. The summed E-state index contributed by atoms with van der Waals surface area (Å²) in [5.74, 6) is 0.857. The number of fused-ring (bicyclic) bond motifs is 1. The fourth-order valence-corrected chi connectivity index (χ4v) is 1.49. The SMILES string of the molecule is Cc1cc(Cl)cn2c(C)nnc12. The van der Waals surface area contributed by atoms with Crippen molar-refractivity contribution in [2.75, 3.05) is 0 Å². The van der Waals surface area contributed by atoms with E-state index in [1.54, 1.807) is 0 Å². The Morgan fingerprint density at radius 2 is 2.08 bits per heavy atom. The van der Waals surface area contributed by atoms with Crippen molar-refractivity contribution >= 4 is 17.2 Å². The number of halogens is 1. The second-order valence-corrected chi connectivity index (χ2v) is 3.22. The first-order valence-corrected chi connectivity index (χ1v) is 4.04. The van der Waals surface area contributed by atoms with Gasteiger partial charge in [0.25, 0.3) is 0 Å². The van der Waals surface area contributed by atoms with E-state index >= 15 is 0 Å². The van der Waals surface area contributed by atoms with E-state index in [9.17, 15) is 0 Å². The minimum Gasteiger partial charge on any atom is -0.285 e. The van der Waals surface area contributed by atoms with Crippen LogP contribution in [0.2, 0.25) is 5.02 Å². The Morgan fingerprint density at radius 1 is 1.33 bits per heavy atom. The summed E-state index contributed by atoms with van der Waals surface area (Å²) >= 11 is 5.88. The summed E-state index contributed by atoms with van der Waals surface area (Å²) in [5, 5.41) is 8.68. The van der Waals surface area contributed by atoms with Gasteiger partial charge in [-0.25, -0.2) is 0 Å². The molecule has 0 aliphatic heterocycles. The molecule has 12 heavy (non-hydrogen) atoms. The van der Waals surface area contributed by atoms with E-state index < -0.39 is 0 Å². The summed E-state index contributed by atoms with van der Waals surface area (Å²) in [6.07, 6.45) is 1.82. The lowest BCUT2D eigenvalue weighted by atomic mass is 10.3. The number of hydrogen-bond donors (Lipinski definition) is 0. The molecule has 3 nitrogen and oxygen atoms in total. The Hall–Kier alpha value is -1.09. The number of rotatable bonds is 0. The van der Waals surface area contributed by atoms with Crippen molar-refractivity contribution < 1.29 is 0 Å². The van der Waals surface area contributed by atoms with E-state index in [1.165, 1.54) is 0 Å². The third-order valence-corrected chi connectivity index (χ3v) is 2.03. The van der Waals surface area contributed by atoms with Crippen LogP contribution in [0.4, 0.5) is 0 Å². The van der Waals surface area contributed by atoms with Crippen molar-refractivity contribution in [2.24, 2.45) is 0 Å². The number of pyridine rings is 1. The lowest BCUT2D eigenvalue weighted by molar-refractivity contribution is 1.01. The van der Waals surface area contributed by atoms with Gasteiger partial charge in [0.15, 0.2) is 5.65 Å². The van der Waals surface area contributed by atoms with E-state index in [4.69, 9.17) is 11.6 Å². The Bertz CT molecular complexity index is 433. The quantitative estimate of drug-likeness (QED) is 0.622. The molecule has 0 spiro atoms. The van der Waals surface area contributed by atoms with Gasteiger partial charge in [0.05, 0.1) is 5.02 Å². The summed E-state index contributed by atoms with van der Waals surface area (Å²) in [5.41, 5.74) is 1.92. The van der Waals surface area contributed by atoms with Gasteiger partial charge in [-0.05, 0) is 25.5 Å². The zero-order valence-corrected chi connectivity index (χ0v) is 7.63. The predicted molar refractivity (Wildman–Crippen MR) is 47.5 cm³/mol. The number of aryl methyl sites for hydroxylation is 2. The molecule has 0 unspecified atom stereocenters. The zero-order chi connectivity index (χ0) is 8.72. The monoisotopic (exact) mass is 181 g/mol. The van der Waals surface area contributed by atoms with Crippen molar-refractivity contribution in [2.45, 2.75) is 13.8 Å². The van der Waals surface area contributed by atoms with Crippen LogP contribution in [-0.2, 0) is 0 Å². The molecule has 0 N–H and O–H groups in total. The second kappa shape index (κ2) is 2.45. The summed E-state index contributed by atoms with van der Waals surface area (Å²) in [6.45, 7) is 3.87. The highest BCUT2D eigenvalue weighted by Crippen LogP contribution is 2.15. The highest BCUT2D eigenvalue weighted by molar-refractivity contribution is 6.30. The first-order chi connectivity index (χ1) is 5.68. The molecule has 2 aromatic heterocycles. The largest absolute Gasteiger partial charge is 0.285 e. The van der Waals surface area contributed by atoms with E-state index in [2.05, 4.69) is 10.2 Å². The van der Waals surface area contributed by atoms with Gasteiger partial charge < -0.3 is 0 Å². The van der Waals surface area contributed by atoms with Crippen molar-refractivity contribution in [3.63, 3.8) is 0 Å². The molecule has 0 aliphatic rings. The van der Waals surface area contributed by atoms with Gasteiger partial charge in [0.1, 0.15) is 5.82 Å². The molecule has 2 aromatic rings. The number of aromatic nitrogens is 3. The molecule has 4 heteroatoms. The maximum absolute atomic E-state index is 5.88. The normalized spacial score (nSPS) is 10.9. The summed E-state index contributed by atoms with van der Waals surface area (Å²) in [4.78, 5) is 0. The predicted octanol–water partition coefficient (Wildman–Crippen LogP) is 2.00. The van der Waals surface area contributed by atoms with Crippen molar-refractivity contribution in [3.8, 4) is 0 Å². The first-order valence-electron chi connectivity index (χ1n) is 3.66. The van der Waals surface area contributed by atoms with Crippen LogP contribution < -0.4 is 0 Å². The lowest BCUT2D eigenvalue weighted by Crippen LogP contribution is -1.89. The van der Waals surface area contributed by atoms with Crippen LogP contribution in [-0.4, -0.2) is 14.6 Å². The molecular weight excluding hydrogens is 174 g/mol. The summed E-state index contributed by atoms with van der Waals surface area (Å²) < 4.78 is 1.89. The Morgan fingerprint density at radius 3 is 2.83 bits per heavy atom. The van der Waals surface area contributed by atoms with E-state index in [1.807, 2.05) is 30.5 Å². The second-order valence-electron chi connectivity index (χ2n) is 2.78. The molecule has 0 bridgehead atoms. The molecule has 0 saturated heterocycles. The Kier molecular flexibility index (Phi) is 1.54. The van der Waals surface area contributed by atoms with Crippen LogP contribution >= 0.6 is 11.6 Å². The maximum atomic E-state index is 5.88. The van der Waals surface area contributed by atoms with Gasteiger partial charge in [-0.3, -0.25) is 4.40 Å². The standard InChI is InChI=1S/C8H8ClN3/c1-5-3-7(9)4-12-6(2)10-11-8(5)12/h3-4H,1-2H3. The smallest absolute Gasteiger partial charge is 0.163 e. The number of hydrogen-bond acceptors (Lipinski definition) is 2. The summed E-state index contributed by atoms with van der Waals surface area (Å²) in [6, 6.07) is 1.88. The van der Waals surface area contributed by atoms with E-state index in [0.717, 1.165) is 17.0 Å². The Labute approximate surface area is 75.0 Å². The van der Waals surface area contributed by atoms with Crippen LogP contribution in [0.5, 0.6) is 0 Å². The average Bonchev–Trinajstić information content (AvgIpc) is 2.33. The van der Waals surface area contributed by atoms with Crippen molar-refractivity contribution in [1.82, 2.24) is 14.6 Å². The first kappa shape index (κ1) is 7.55. The van der Waals surface area contributed by atoms with Gasteiger partial charge in [0.2, 0.25) is 0 Å². The topological polar surface area (TPSA) is 30.2 Å². The highest BCUT2D eigenvalue weighted by Gasteiger charge is 2.03. The third-order valence-electron chi connectivity index (χ3n) is 1.83. The van der Waals surface area contributed by atoms with E-state index in [-0.39, 0.29) is 0 Å². The minimum absolute atomic E-state index is 0.711. The van der Waals surface area contributed by atoms with Gasteiger partial charge in [-0.15, -0.1) is 10.2 Å². The average molecular weight is 182 g/mol. The van der Waals surface area contributed by atoms with Crippen LogP contribution in [0.25, 0.3) is 5.65 Å². The fourth-order valence-electron chi connectivity index (χ4n) is 1.22. The zero-order valence-electron chi connectivity index (χ0n) is 6.87. The van der Waals surface area contributed by atoms with E-state index in [0.29, 0.717) is 5.02 Å². The van der Waals surface area contributed by atoms with Gasteiger partial charge in [-0.1, -0.05) is 11.6 Å². The van der Waals surface area contributed by atoms with Gasteiger partial charge >= 0.3 is 0 Å². The molecule has 0 amide bonds. The Balaban J connectivity index is 2.92. The molecule has 0 atom stereocenters. The molecular formula is C8H8ClN3. The molecule has 0 fully saturated rings. The van der Waals surface area contributed by atoms with Crippen LogP contribution in [0, 0.1) is 13.8 Å². The van der Waals surface area contributed by atoms with Gasteiger partial charge in [0, 0.05) is 6.20 Å². The van der Waals surface area contributed by atoms with Crippen LogP contribution in [0.3, 0.4) is 0 Å². The fraction of sp³-hybridized carbons (Fsp3) is 0.250. The highest BCUT2D eigenvalue weighted by atomic mass is 35.5.